The number of amides is 1. The molecule has 2 aromatic rings. The van der Waals surface area contributed by atoms with Crippen LogP contribution in [0.5, 0.6) is 0 Å². The summed E-state index contributed by atoms with van der Waals surface area (Å²) in [6.45, 7) is 2.01. The SMILES string of the molecule is CNCC(=O)Nc1ccc(C2CN(C)Cc3c(Cl)cc(Cl)cc32)cc1. The second kappa shape index (κ2) is 7.75. The maximum Gasteiger partial charge on any atom is 0.238 e. The molecule has 0 radical (unpaired) electrons. The number of fused-ring (bicyclic) bond motifs is 1. The van der Waals surface area contributed by atoms with E-state index >= 15 is 0 Å². The quantitative estimate of drug-likeness (QED) is 0.852. The Morgan fingerprint density at radius 2 is 1.96 bits per heavy atom. The zero-order chi connectivity index (χ0) is 18.0. The van der Waals surface area contributed by atoms with Gasteiger partial charge in [0.05, 0.1) is 6.54 Å². The van der Waals surface area contributed by atoms with Crippen LogP contribution >= 0.6 is 23.2 Å². The van der Waals surface area contributed by atoms with Gasteiger partial charge in [0.25, 0.3) is 0 Å². The minimum absolute atomic E-state index is 0.0587. The molecular formula is C19H21Cl2N3O. The normalized spacial score (nSPS) is 17.2. The molecule has 1 atom stereocenters. The van der Waals surface area contributed by atoms with Crippen molar-refractivity contribution in [3.05, 3.63) is 63.1 Å². The van der Waals surface area contributed by atoms with E-state index in [0.29, 0.717) is 11.6 Å². The van der Waals surface area contributed by atoms with E-state index in [-0.39, 0.29) is 11.8 Å². The predicted molar refractivity (Wildman–Crippen MR) is 104 cm³/mol. The summed E-state index contributed by atoms with van der Waals surface area (Å²) in [6.07, 6.45) is 0. The molecule has 0 aliphatic carbocycles. The predicted octanol–water partition coefficient (Wildman–Crippen LogP) is 3.73. The van der Waals surface area contributed by atoms with Gasteiger partial charge in [-0.15, -0.1) is 0 Å². The maximum atomic E-state index is 11.7. The summed E-state index contributed by atoms with van der Waals surface area (Å²) >= 11 is 12.6. The molecule has 0 fully saturated rings. The van der Waals surface area contributed by atoms with Crippen LogP contribution in [-0.4, -0.2) is 38.0 Å². The van der Waals surface area contributed by atoms with Gasteiger partial charge in [0.1, 0.15) is 0 Å². The number of anilines is 1. The van der Waals surface area contributed by atoms with Gasteiger partial charge in [-0.25, -0.2) is 0 Å². The molecule has 1 amide bonds. The minimum Gasteiger partial charge on any atom is -0.325 e. The molecule has 0 saturated carbocycles. The van der Waals surface area contributed by atoms with Gasteiger partial charge >= 0.3 is 0 Å². The molecule has 0 bridgehead atoms. The lowest BCUT2D eigenvalue weighted by molar-refractivity contribution is -0.115. The van der Waals surface area contributed by atoms with Crippen molar-refractivity contribution in [2.24, 2.45) is 0 Å². The molecule has 0 aromatic heterocycles. The minimum atomic E-state index is -0.0587. The second-order valence-corrected chi connectivity index (χ2v) is 7.25. The van der Waals surface area contributed by atoms with Crippen LogP contribution in [0.2, 0.25) is 10.0 Å². The van der Waals surface area contributed by atoms with Crippen LogP contribution in [0.25, 0.3) is 0 Å². The molecule has 1 unspecified atom stereocenters. The highest BCUT2D eigenvalue weighted by Gasteiger charge is 2.27. The van der Waals surface area contributed by atoms with Gasteiger partial charge < -0.3 is 15.5 Å². The molecule has 0 spiro atoms. The Morgan fingerprint density at radius 3 is 2.64 bits per heavy atom. The molecular weight excluding hydrogens is 357 g/mol. The van der Waals surface area contributed by atoms with Crippen LogP contribution in [0, 0.1) is 0 Å². The van der Waals surface area contributed by atoms with Crippen LogP contribution in [0.4, 0.5) is 5.69 Å². The molecule has 6 heteroatoms. The zero-order valence-corrected chi connectivity index (χ0v) is 15.8. The second-order valence-electron chi connectivity index (χ2n) is 6.41. The van der Waals surface area contributed by atoms with Gasteiger partial charge in [0, 0.05) is 34.7 Å². The summed E-state index contributed by atoms with van der Waals surface area (Å²) in [4.78, 5) is 13.9. The number of hydrogen-bond donors (Lipinski definition) is 2. The first-order chi connectivity index (χ1) is 12.0. The van der Waals surface area contributed by atoms with Crippen molar-refractivity contribution in [1.29, 1.82) is 0 Å². The molecule has 0 saturated heterocycles. The fraction of sp³-hybridized carbons (Fsp3) is 0.316. The Kier molecular flexibility index (Phi) is 5.64. The van der Waals surface area contributed by atoms with Gasteiger partial charge in [0.15, 0.2) is 0 Å². The average Bonchev–Trinajstić information content (AvgIpc) is 2.56. The van der Waals surface area contributed by atoms with E-state index in [2.05, 4.69) is 34.7 Å². The summed E-state index contributed by atoms with van der Waals surface area (Å²) in [5.41, 5.74) is 4.29. The van der Waals surface area contributed by atoms with E-state index in [1.165, 1.54) is 11.1 Å². The van der Waals surface area contributed by atoms with E-state index in [0.717, 1.165) is 29.4 Å². The highest BCUT2D eigenvalue weighted by atomic mass is 35.5. The first-order valence-electron chi connectivity index (χ1n) is 8.18. The van der Waals surface area contributed by atoms with Crippen molar-refractivity contribution in [2.45, 2.75) is 12.5 Å². The van der Waals surface area contributed by atoms with Gasteiger partial charge in [-0.2, -0.15) is 0 Å². The first-order valence-corrected chi connectivity index (χ1v) is 8.94. The van der Waals surface area contributed by atoms with Crippen molar-refractivity contribution in [1.82, 2.24) is 10.2 Å². The smallest absolute Gasteiger partial charge is 0.238 e. The van der Waals surface area contributed by atoms with Gasteiger partial charge in [-0.05, 0) is 55.1 Å². The number of halogens is 2. The number of likely N-dealkylation sites (N-methyl/N-ethyl adjacent to an activating group) is 2. The zero-order valence-electron chi connectivity index (χ0n) is 14.3. The molecule has 132 valence electrons. The van der Waals surface area contributed by atoms with Crippen molar-refractivity contribution >= 4 is 34.8 Å². The van der Waals surface area contributed by atoms with Crippen LogP contribution in [-0.2, 0) is 11.3 Å². The van der Waals surface area contributed by atoms with Crippen molar-refractivity contribution in [2.75, 3.05) is 32.5 Å². The van der Waals surface area contributed by atoms with Crippen molar-refractivity contribution < 1.29 is 4.79 Å². The largest absolute Gasteiger partial charge is 0.325 e. The van der Waals surface area contributed by atoms with Gasteiger partial charge in [-0.3, -0.25) is 4.79 Å². The Morgan fingerprint density at radius 1 is 1.24 bits per heavy atom. The van der Waals surface area contributed by atoms with Crippen LogP contribution in [0.1, 0.15) is 22.6 Å². The van der Waals surface area contributed by atoms with E-state index in [9.17, 15) is 4.79 Å². The molecule has 2 aromatic carbocycles. The number of nitrogens with zero attached hydrogens (tertiary/aromatic N) is 1. The highest BCUT2D eigenvalue weighted by Crippen LogP contribution is 2.38. The number of nitrogens with one attached hydrogen (secondary N) is 2. The molecule has 1 heterocycles. The number of rotatable bonds is 4. The molecule has 1 aliphatic rings. The number of hydrogen-bond acceptors (Lipinski definition) is 3. The highest BCUT2D eigenvalue weighted by molar-refractivity contribution is 6.35. The fourth-order valence-electron chi connectivity index (χ4n) is 3.30. The summed E-state index contributed by atoms with van der Waals surface area (Å²) in [5.74, 6) is 0.142. The summed E-state index contributed by atoms with van der Waals surface area (Å²) in [7, 11) is 3.84. The monoisotopic (exact) mass is 377 g/mol. The van der Waals surface area contributed by atoms with Crippen molar-refractivity contribution in [3.63, 3.8) is 0 Å². The van der Waals surface area contributed by atoms with Crippen LogP contribution < -0.4 is 10.6 Å². The molecule has 2 N–H and O–H groups in total. The van der Waals surface area contributed by atoms with Crippen LogP contribution in [0.3, 0.4) is 0 Å². The van der Waals surface area contributed by atoms with Gasteiger partial charge in [-0.1, -0.05) is 35.3 Å². The molecule has 25 heavy (non-hydrogen) atoms. The molecule has 3 rings (SSSR count). The lowest BCUT2D eigenvalue weighted by atomic mass is 9.84. The standard InChI is InChI=1S/C19H21Cl2N3O/c1-22-9-19(25)23-14-5-3-12(4-6-14)16-10-24(2)11-17-15(16)7-13(20)8-18(17)21/h3-8,16,22H,9-11H2,1-2H3,(H,23,25). The summed E-state index contributed by atoms with van der Waals surface area (Å²) in [6, 6.07) is 11.8. The Labute approximate surface area is 158 Å². The average molecular weight is 378 g/mol. The first kappa shape index (κ1) is 18.2. The lowest BCUT2D eigenvalue weighted by Gasteiger charge is -2.33. The fourth-order valence-corrected chi connectivity index (χ4v) is 3.86. The number of benzene rings is 2. The summed E-state index contributed by atoms with van der Waals surface area (Å²) in [5, 5.41) is 7.08. The van der Waals surface area contributed by atoms with Crippen LogP contribution in [0.15, 0.2) is 36.4 Å². The topological polar surface area (TPSA) is 44.4 Å². The van der Waals surface area contributed by atoms with E-state index < -0.39 is 0 Å². The molecule has 4 nitrogen and oxygen atoms in total. The number of carbonyl (C=O) groups is 1. The Hall–Kier alpha value is -1.59. The number of carbonyl (C=O) groups excluding carboxylic acids is 1. The maximum absolute atomic E-state index is 11.7. The lowest BCUT2D eigenvalue weighted by Crippen LogP contribution is -2.31. The van der Waals surface area contributed by atoms with E-state index in [1.54, 1.807) is 13.1 Å². The van der Waals surface area contributed by atoms with Gasteiger partial charge in [0.2, 0.25) is 5.91 Å². The third-order valence-corrected chi connectivity index (χ3v) is 4.98. The third kappa shape index (κ3) is 4.15. The molecule has 1 aliphatic heterocycles. The third-order valence-electron chi connectivity index (χ3n) is 4.43. The summed E-state index contributed by atoms with van der Waals surface area (Å²) < 4.78 is 0. The van der Waals surface area contributed by atoms with Crippen molar-refractivity contribution in [3.8, 4) is 0 Å². The Balaban J connectivity index is 1.88. The van der Waals surface area contributed by atoms with E-state index in [1.807, 2.05) is 18.2 Å². The van der Waals surface area contributed by atoms with E-state index in [4.69, 9.17) is 23.2 Å². The Bertz CT molecular complexity index is 777.